The lowest BCUT2D eigenvalue weighted by atomic mass is 10.1. The summed E-state index contributed by atoms with van der Waals surface area (Å²) in [6.45, 7) is 0. The normalized spacial score (nSPS) is 22.0. The molecule has 1 aliphatic carbocycles. The number of rotatable bonds is 3. The molecule has 0 radical (unpaired) electrons. The van der Waals surface area contributed by atoms with Gasteiger partial charge in [0.15, 0.2) is 0 Å². The number of fused-ring (bicyclic) bond motifs is 1. The Hall–Kier alpha value is -1.68. The number of thioether (sulfide) groups is 1. The Balaban J connectivity index is 1.71. The molecule has 4 heteroatoms. The van der Waals surface area contributed by atoms with Crippen molar-refractivity contribution >= 4 is 28.4 Å². The summed E-state index contributed by atoms with van der Waals surface area (Å²) in [6.07, 6.45) is 2.32. The number of benzene rings is 2. The van der Waals surface area contributed by atoms with E-state index in [9.17, 15) is 4.79 Å². The molecule has 0 N–H and O–H groups in total. The molecule has 0 aromatic heterocycles. The van der Waals surface area contributed by atoms with Crippen LogP contribution in [0.5, 0.6) is 5.75 Å². The van der Waals surface area contributed by atoms with Crippen molar-refractivity contribution in [3.8, 4) is 5.75 Å². The van der Waals surface area contributed by atoms with E-state index in [0.29, 0.717) is 17.7 Å². The quantitative estimate of drug-likeness (QED) is 0.867. The lowest BCUT2D eigenvalue weighted by Crippen LogP contribution is -2.30. The van der Waals surface area contributed by atoms with Crippen LogP contribution in [0.4, 0.5) is 0 Å². The Labute approximate surface area is 128 Å². The highest BCUT2D eigenvalue weighted by Crippen LogP contribution is 2.45. The average Bonchev–Trinajstić information content (AvgIpc) is 3.28. The van der Waals surface area contributed by atoms with Gasteiger partial charge in [0.2, 0.25) is 5.91 Å². The Morgan fingerprint density at radius 2 is 1.90 bits per heavy atom. The summed E-state index contributed by atoms with van der Waals surface area (Å²) in [5, 5.41) is 2.56. The molecule has 0 spiro atoms. The molecule has 21 heavy (non-hydrogen) atoms. The maximum atomic E-state index is 12.1. The number of hydrogen-bond acceptors (Lipinski definition) is 3. The van der Waals surface area contributed by atoms with Gasteiger partial charge in [-0.25, -0.2) is 0 Å². The molecular weight excluding hydrogens is 282 g/mol. The van der Waals surface area contributed by atoms with E-state index in [2.05, 4.69) is 29.2 Å². The molecule has 0 bridgehead atoms. The van der Waals surface area contributed by atoms with E-state index in [1.165, 1.54) is 16.3 Å². The summed E-state index contributed by atoms with van der Waals surface area (Å²) in [6, 6.07) is 13.1. The van der Waals surface area contributed by atoms with Gasteiger partial charge in [0.25, 0.3) is 0 Å². The smallest absolute Gasteiger partial charge is 0.234 e. The topological polar surface area (TPSA) is 29.5 Å². The van der Waals surface area contributed by atoms with E-state index in [-0.39, 0.29) is 5.37 Å². The van der Waals surface area contributed by atoms with Gasteiger partial charge in [-0.15, -0.1) is 11.8 Å². The zero-order valence-corrected chi connectivity index (χ0v) is 12.7. The van der Waals surface area contributed by atoms with Crippen molar-refractivity contribution in [3.63, 3.8) is 0 Å². The highest BCUT2D eigenvalue weighted by atomic mass is 32.2. The van der Waals surface area contributed by atoms with Crippen molar-refractivity contribution in [1.82, 2.24) is 4.90 Å². The first kappa shape index (κ1) is 13.0. The van der Waals surface area contributed by atoms with Crippen LogP contribution in [-0.2, 0) is 4.79 Å². The highest BCUT2D eigenvalue weighted by molar-refractivity contribution is 8.00. The summed E-state index contributed by atoms with van der Waals surface area (Å²) in [4.78, 5) is 14.2. The van der Waals surface area contributed by atoms with Crippen LogP contribution in [0.15, 0.2) is 36.4 Å². The minimum atomic E-state index is 0.191. The zero-order chi connectivity index (χ0) is 14.4. The highest BCUT2D eigenvalue weighted by Gasteiger charge is 2.42. The van der Waals surface area contributed by atoms with Crippen molar-refractivity contribution in [3.05, 3.63) is 42.0 Å². The van der Waals surface area contributed by atoms with E-state index >= 15 is 0 Å². The minimum Gasteiger partial charge on any atom is -0.497 e. The number of nitrogens with zero attached hydrogens (tertiary/aromatic N) is 1. The maximum Gasteiger partial charge on any atom is 0.234 e. The third kappa shape index (κ3) is 2.27. The predicted octanol–water partition coefficient (Wildman–Crippen LogP) is 3.58. The number of amides is 1. The van der Waals surface area contributed by atoms with Crippen LogP contribution in [0.1, 0.15) is 23.8 Å². The summed E-state index contributed by atoms with van der Waals surface area (Å²) < 4.78 is 5.27. The second-order valence-electron chi connectivity index (χ2n) is 5.67. The number of carbonyl (C=O) groups is 1. The molecule has 1 unspecified atom stereocenters. The molecule has 2 aromatic rings. The second kappa shape index (κ2) is 4.95. The third-order valence-corrected chi connectivity index (χ3v) is 5.43. The lowest BCUT2D eigenvalue weighted by molar-refractivity contribution is -0.128. The first-order valence-corrected chi connectivity index (χ1v) is 8.31. The van der Waals surface area contributed by atoms with Crippen molar-refractivity contribution < 1.29 is 9.53 Å². The Morgan fingerprint density at radius 3 is 2.67 bits per heavy atom. The summed E-state index contributed by atoms with van der Waals surface area (Å²) in [5.41, 5.74) is 1.23. The van der Waals surface area contributed by atoms with Crippen molar-refractivity contribution in [2.24, 2.45) is 0 Å². The van der Waals surface area contributed by atoms with Crippen LogP contribution >= 0.6 is 11.8 Å². The fraction of sp³-hybridized carbons (Fsp3) is 0.353. The van der Waals surface area contributed by atoms with E-state index in [4.69, 9.17) is 4.74 Å². The van der Waals surface area contributed by atoms with E-state index < -0.39 is 0 Å². The Bertz CT molecular complexity index is 711. The molecule has 1 heterocycles. The molecule has 3 nitrogen and oxygen atoms in total. The summed E-state index contributed by atoms with van der Waals surface area (Å²) in [5.74, 6) is 1.78. The fourth-order valence-corrected chi connectivity index (χ4v) is 4.20. The van der Waals surface area contributed by atoms with Crippen LogP contribution in [0, 0.1) is 0 Å². The lowest BCUT2D eigenvalue weighted by Gasteiger charge is -2.24. The monoisotopic (exact) mass is 299 g/mol. The van der Waals surface area contributed by atoms with E-state index in [1.54, 1.807) is 18.9 Å². The zero-order valence-electron chi connectivity index (χ0n) is 11.9. The predicted molar refractivity (Wildman–Crippen MR) is 85.6 cm³/mol. The minimum absolute atomic E-state index is 0.191. The fourth-order valence-electron chi connectivity index (χ4n) is 2.96. The largest absolute Gasteiger partial charge is 0.497 e. The second-order valence-corrected chi connectivity index (χ2v) is 6.74. The Morgan fingerprint density at radius 1 is 1.14 bits per heavy atom. The van der Waals surface area contributed by atoms with E-state index in [1.807, 2.05) is 12.1 Å². The summed E-state index contributed by atoms with van der Waals surface area (Å²) >= 11 is 1.75. The first-order valence-electron chi connectivity index (χ1n) is 7.27. The molecule has 108 valence electrons. The molecule has 4 rings (SSSR count). The van der Waals surface area contributed by atoms with Gasteiger partial charge < -0.3 is 9.64 Å². The van der Waals surface area contributed by atoms with Crippen molar-refractivity contribution in [2.75, 3.05) is 12.9 Å². The van der Waals surface area contributed by atoms with Gasteiger partial charge in [-0.1, -0.05) is 18.2 Å². The van der Waals surface area contributed by atoms with Gasteiger partial charge >= 0.3 is 0 Å². The van der Waals surface area contributed by atoms with Gasteiger partial charge in [-0.2, -0.15) is 0 Å². The Kier molecular flexibility index (Phi) is 3.07. The number of carbonyl (C=O) groups excluding carboxylic acids is 1. The maximum absolute atomic E-state index is 12.1. The van der Waals surface area contributed by atoms with Crippen LogP contribution in [0.2, 0.25) is 0 Å². The van der Waals surface area contributed by atoms with Crippen LogP contribution in [0.3, 0.4) is 0 Å². The summed E-state index contributed by atoms with van der Waals surface area (Å²) in [7, 11) is 1.68. The van der Waals surface area contributed by atoms with Crippen LogP contribution < -0.4 is 4.74 Å². The molecule has 1 atom stereocenters. The number of ether oxygens (including phenoxy) is 1. The molecule has 2 aromatic carbocycles. The average molecular weight is 299 g/mol. The number of methoxy groups -OCH3 is 1. The van der Waals surface area contributed by atoms with Crippen LogP contribution in [-0.4, -0.2) is 29.7 Å². The molecular formula is C17H17NO2S. The molecule has 2 fully saturated rings. The first-order chi connectivity index (χ1) is 10.3. The van der Waals surface area contributed by atoms with Crippen molar-refractivity contribution in [2.45, 2.75) is 24.3 Å². The molecule has 2 aliphatic rings. The van der Waals surface area contributed by atoms with Gasteiger partial charge in [0.1, 0.15) is 11.1 Å². The molecule has 1 saturated carbocycles. The third-order valence-electron chi connectivity index (χ3n) is 4.20. The number of hydrogen-bond donors (Lipinski definition) is 0. The van der Waals surface area contributed by atoms with Gasteiger partial charge in [0.05, 0.1) is 12.9 Å². The standard InChI is InChI=1S/C17H17NO2S/c1-20-15-7-4-11-8-13(3-2-12(11)9-15)17-18(14-5-6-14)16(19)10-21-17/h2-4,7-9,14,17H,5-6,10H2,1H3. The van der Waals surface area contributed by atoms with Crippen LogP contribution in [0.25, 0.3) is 10.8 Å². The van der Waals surface area contributed by atoms with Crippen molar-refractivity contribution in [1.29, 1.82) is 0 Å². The molecule has 1 amide bonds. The van der Waals surface area contributed by atoms with E-state index in [0.717, 1.165) is 18.6 Å². The van der Waals surface area contributed by atoms with Gasteiger partial charge in [0, 0.05) is 6.04 Å². The SMILES string of the molecule is COc1ccc2cc(C3SCC(=O)N3C3CC3)ccc2c1. The van der Waals surface area contributed by atoms with Gasteiger partial charge in [-0.3, -0.25) is 4.79 Å². The molecule has 1 saturated heterocycles. The van der Waals surface area contributed by atoms with Gasteiger partial charge in [-0.05, 0) is 47.4 Å². The molecule has 1 aliphatic heterocycles.